The smallest absolute Gasteiger partial charge is 0.272 e. The maximum absolute atomic E-state index is 13.4. The molecular formula is C21H24N2O2S2. The summed E-state index contributed by atoms with van der Waals surface area (Å²) in [5, 5.41) is 1.15. The van der Waals surface area contributed by atoms with Crippen LogP contribution in [0.3, 0.4) is 0 Å². The molecule has 1 aromatic carbocycles. The van der Waals surface area contributed by atoms with Gasteiger partial charge in [-0.1, -0.05) is 55.9 Å². The van der Waals surface area contributed by atoms with E-state index in [1.165, 1.54) is 5.56 Å². The van der Waals surface area contributed by atoms with Crippen molar-refractivity contribution in [1.82, 2.24) is 9.55 Å². The minimum Gasteiger partial charge on any atom is -0.370 e. The molecule has 6 heteroatoms. The Morgan fingerprint density at radius 1 is 1.30 bits per heavy atom. The topological polar surface area (TPSA) is 44.1 Å². The van der Waals surface area contributed by atoms with Crippen LogP contribution in [0.25, 0.3) is 10.2 Å². The van der Waals surface area contributed by atoms with E-state index in [1.807, 2.05) is 22.8 Å². The Labute approximate surface area is 167 Å². The van der Waals surface area contributed by atoms with E-state index in [1.54, 1.807) is 23.1 Å². The van der Waals surface area contributed by atoms with Gasteiger partial charge in [0.15, 0.2) is 5.16 Å². The van der Waals surface area contributed by atoms with Gasteiger partial charge in [0.25, 0.3) is 5.56 Å². The van der Waals surface area contributed by atoms with E-state index in [2.05, 4.69) is 39.8 Å². The van der Waals surface area contributed by atoms with Gasteiger partial charge in [-0.15, -0.1) is 11.3 Å². The highest BCUT2D eigenvalue weighted by Crippen LogP contribution is 2.38. The Hall–Kier alpha value is -1.63. The van der Waals surface area contributed by atoms with Crippen molar-refractivity contribution >= 4 is 33.3 Å². The summed E-state index contributed by atoms with van der Waals surface area (Å²) < 4.78 is 8.54. The van der Waals surface area contributed by atoms with Crippen molar-refractivity contribution in [2.75, 3.05) is 0 Å². The van der Waals surface area contributed by atoms with Gasteiger partial charge in [-0.05, 0) is 25.0 Å². The maximum Gasteiger partial charge on any atom is 0.272 e. The minimum absolute atomic E-state index is 0.0595. The van der Waals surface area contributed by atoms with Crippen LogP contribution in [-0.2, 0) is 24.3 Å². The monoisotopic (exact) mass is 400 g/mol. The Balaban J connectivity index is 1.89. The Kier molecular flexibility index (Phi) is 4.91. The first-order valence-corrected chi connectivity index (χ1v) is 10.9. The largest absolute Gasteiger partial charge is 0.370 e. The number of aromatic nitrogens is 2. The summed E-state index contributed by atoms with van der Waals surface area (Å²) in [5.41, 5.74) is 3.03. The van der Waals surface area contributed by atoms with Crippen molar-refractivity contribution in [3.05, 3.63) is 56.7 Å². The van der Waals surface area contributed by atoms with Crippen LogP contribution < -0.4 is 5.56 Å². The molecule has 0 aliphatic carbocycles. The van der Waals surface area contributed by atoms with Crippen LogP contribution in [0, 0.1) is 0 Å². The second kappa shape index (κ2) is 7.08. The molecule has 142 valence electrons. The lowest BCUT2D eigenvalue weighted by Gasteiger charge is -2.29. The Bertz CT molecular complexity index is 1040. The van der Waals surface area contributed by atoms with Crippen LogP contribution in [0.2, 0.25) is 0 Å². The third-order valence-corrected chi connectivity index (χ3v) is 6.84. The van der Waals surface area contributed by atoms with Crippen molar-refractivity contribution in [1.29, 1.82) is 0 Å². The average molecular weight is 401 g/mol. The summed E-state index contributed by atoms with van der Waals surface area (Å²) in [4.78, 5) is 19.5. The number of rotatable bonds is 4. The zero-order chi connectivity index (χ0) is 19.2. The first-order valence-electron chi connectivity index (χ1n) is 9.24. The standard InChI is InChI=1S/C21H24N2O2S2/c1-13(2)26-20-22-17-15-10-21(3,4)25-12-16(15)27-18(17)19(24)23(20)11-14-8-6-5-7-9-14/h5-9,13H,10-12H2,1-4H3. The van der Waals surface area contributed by atoms with Gasteiger partial charge in [0, 0.05) is 16.5 Å². The van der Waals surface area contributed by atoms with E-state index in [0.29, 0.717) is 18.4 Å². The summed E-state index contributed by atoms with van der Waals surface area (Å²) in [6, 6.07) is 10.1. The number of fused-ring (bicyclic) bond motifs is 3. The van der Waals surface area contributed by atoms with Gasteiger partial charge in [-0.2, -0.15) is 0 Å². The molecule has 2 aromatic heterocycles. The highest BCUT2D eigenvalue weighted by atomic mass is 32.2. The maximum atomic E-state index is 13.4. The molecule has 0 unspecified atom stereocenters. The number of hydrogen-bond acceptors (Lipinski definition) is 5. The highest BCUT2D eigenvalue weighted by Gasteiger charge is 2.31. The Morgan fingerprint density at radius 3 is 2.74 bits per heavy atom. The van der Waals surface area contributed by atoms with Crippen LogP contribution in [0.1, 0.15) is 43.7 Å². The van der Waals surface area contributed by atoms with Crippen LogP contribution >= 0.6 is 23.1 Å². The lowest BCUT2D eigenvalue weighted by Crippen LogP contribution is -2.31. The molecule has 27 heavy (non-hydrogen) atoms. The van der Waals surface area contributed by atoms with Gasteiger partial charge in [-0.3, -0.25) is 9.36 Å². The first-order chi connectivity index (χ1) is 12.8. The minimum atomic E-state index is -0.215. The van der Waals surface area contributed by atoms with E-state index < -0.39 is 0 Å². The zero-order valence-electron chi connectivity index (χ0n) is 16.1. The molecule has 0 amide bonds. The lowest BCUT2D eigenvalue weighted by atomic mass is 9.95. The lowest BCUT2D eigenvalue weighted by molar-refractivity contribution is -0.0379. The quantitative estimate of drug-likeness (QED) is 0.463. The zero-order valence-corrected chi connectivity index (χ0v) is 17.7. The SMILES string of the molecule is CC(C)Sc1nc2c3c(sc2c(=O)n1Cc1ccccc1)COC(C)(C)C3. The van der Waals surface area contributed by atoms with Crippen LogP contribution in [0.4, 0.5) is 0 Å². The van der Waals surface area contributed by atoms with E-state index in [-0.39, 0.29) is 11.2 Å². The summed E-state index contributed by atoms with van der Waals surface area (Å²) in [5.74, 6) is 0. The summed E-state index contributed by atoms with van der Waals surface area (Å²) in [6.45, 7) is 9.57. The first kappa shape index (κ1) is 18.7. The average Bonchev–Trinajstić information content (AvgIpc) is 2.96. The number of nitrogens with zero attached hydrogens (tertiary/aromatic N) is 2. The summed E-state index contributed by atoms with van der Waals surface area (Å²) in [7, 11) is 0. The molecule has 0 atom stereocenters. The molecule has 3 heterocycles. The molecule has 0 radical (unpaired) electrons. The van der Waals surface area contributed by atoms with Gasteiger partial charge in [0.2, 0.25) is 0 Å². The van der Waals surface area contributed by atoms with Crippen molar-refractivity contribution in [3.63, 3.8) is 0 Å². The second-order valence-electron chi connectivity index (χ2n) is 7.84. The Morgan fingerprint density at radius 2 is 2.04 bits per heavy atom. The van der Waals surface area contributed by atoms with E-state index >= 15 is 0 Å². The third-order valence-electron chi connectivity index (χ3n) is 4.66. The molecule has 1 aliphatic rings. The number of ether oxygens (including phenoxy) is 1. The predicted octanol–water partition coefficient (Wildman–Crippen LogP) is 4.86. The van der Waals surface area contributed by atoms with Gasteiger partial charge in [-0.25, -0.2) is 4.98 Å². The second-order valence-corrected chi connectivity index (χ2v) is 10.5. The molecule has 3 aromatic rings. The normalized spacial score (nSPS) is 16.0. The van der Waals surface area contributed by atoms with Gasteiger partial charge < -0.3 is 4.74 Å². The molecule has 0 saturated carbocycles. The number of hydrogen-bond donors (Lipinski definition) is 0. The molecule has 1 aliphatic heterocycles. The predicted molar refractivity (Wildman–Crippen MR) is 113 cm³/mol. The fourth-order valence-corrected chi connectivity index (χ4v) is 5.33. The van der Waals surface area contributed by atoms with Crippen molar-refractivity contribution in [3.8, 4) is 0 Å². The number of thiophene rings is 1. The van der Waals surface area contributed by atoms with Crippen LogP contribution in [0.5, 0.6) is 0 Å². The van der Waals surface area contributed by atoms with Gasteiger partial charge >= 0.3 is 0 Å². The fraction of sp³-hybridized carbons (Fsp3) is 0.429. The molecule has 0 N–H and O–H groups in total. The molecule has 0 fully saturated rings. The molecule has 4 nitrogen and oxygen atoms in total. The number of benzene rings is 1. The number of thioether (sulfide) groups is 1. The van der Waals surface area contributed by atoms with Gasteiger partial charge in [0.1, 0.15) is 4.70 Å². The van der Waals surface area contributed by atoms with Crippen molar-refractivity contribution < 1.29 is 4.74 Å². The van der Waals surface area contributed by atoms with E-state index in [9.17, 15) is 4.79 Å². The molecule has 0 spiro atoms. The van der Waals surface area contributed by atoms with Crippen LogP contribution in [0.15, 0.2) is 40.3 Å². The summed E-state index contributed by atoms with van der Waals surface area (Å²) >= 11 is 3.20. The molecule has 0 saturated heterocycles. The van der Waals surface area contributed by atoms with E-state index in [4.69, 9.17) is 9.72 Å². The third kappa shape index (κ3) is 3.71. The molecular weight excluding hydrogens is 376 g/mol. The molecule has 4 rings (SSSR count). The molecule has 0 bridgehead atoms. The van der Waals surface area contributed by atoms with E-state index in [0.717, 1.165) is 32.2 Å². The summed E-state index contributed by atoms with van der Waals surface area (Å²) in [6.07, 6.45) is 0.795. The van der Waals surface area contributed by atoms with Crippen molar-refractivity contribution in [2.24, 2.45) is 0 Å². The van der Waals surface area contributed by atoms with Crippen LogP contribution in [-0.4, -0.2) is 20.4 Å². The van der Waals surface area contributed by atoms with Crippen molar-refractivity contribution in [2.45, 2.75) is 63.3 Å². The highest BCUT2D eigenvalue weighted by molar-refractivity contribution is 7.99. The van der Waals surface area contributed by atoms with Gasteiger partial charge in [0.05, 0.1) is 24.3 Å². The fourth-order valence-electron chi connectivity index (χ4n) is 3.37.